The first-order valence-corrected chi connectivity index (χ1v) is 8.81. The number of aromatic hydroxyl groups is 1. The second-order valence-electron chi connectivity index (χ2n) is 7.12. The number of hydrogen-bond donors (Lipinski definition) is 1. The number of aryl methyl sites for hydroxylation is 1. The van der Waals surface area contributed by atoms with Crippen LogP contribution in [0.25, 0.3) is 11.1 Å². The first kappa shape index (κ1) is 16.9. The van der Waals surface area contributed by atoms with E-state index in [-0.39, 0.29) is 5.56 Å². The Kier molecular flexibility index (Phi) is 5.17. The van der Waals surface area contributed by atoms with Gasteiger partial charge in [0.05, 0.1) is 0 Å². The molecule has 24 heavy (non-hydrogen) atoms. The first-order valence-electron chi connectivity index (χ1n) is 8.81. The summed E-state index contributed by atoms with van der Waals surface area (Å²) in [6, 6.07) is 10.2. The van der Waals surface area contributed by atoms with Gasteiger partial charge in [-0.05, 0) is 47.9 Å². The molecule has 2 aromatic rings. The van der Waals surface area contributed by atoms with E-state index in [1.807, 2.05) is 24.3 Å². The number of phenolic OH excluding ortho intramolecular Hbond substituents is 1. The predicted molar refractivity (Wildman–Crippen MR) is 92.9 cm³/mol. The van der Waals surface area contributed by atoms with Crippen LogP contribution in [0.3, 0.4) is 0 Å². The van der Waals surface area contributed by atoms with Gasteiger partial charge >= 0.3 is 0 Å². The predicted octanol–water partition coefficient (Wildman–Crippen LogP) is 6.10. The van der Waals surface area contributed by atoms with Gasteiger partial charge in [0.15, 0.2) is 11.6 Å². The van der Waals surface area contributed by atoms with Crippen LogP contribution in [0.1, 0.15) is 44.6 Å². The van der Waals surface area contributed by atoms with E-state index in [1.165, 1.54) is 49.8 Å². The second kappa shape index (κ2) is 7.33. The van der Waals surface area contributed by atoms with Crippen molar-refractivity contribution in [1.29, 1.82) is 0 Å². The fourth-order valence-electron chi connectivity index (χ4n) is 3.60. The zero-order valence-electron chi connectivity index (χ0n) is 14.1. The van der Waals surface area contributed by atoms with Crippen LogP contribution in [0.15, 0.2) is 36.4 Å². The molecule has 0 radical (unpaired) electrons. The zero-order chi connectivity index (χ0) is 17.1. The Hall–Kier alpha value is -1.90. The maximum absolute atomic E-state index is 13.9. The zero-order valence-corrected chi connectivity index (χ0v) is 14.1. The van der Waals surface area contributed by atoms with Gasteiger partial charge in [0.1, 0.15) is 0 Å². The van der Waals surface area contributed by atoms with Crippen molar-refractivity contribution in [1.82, 2.24) is 0 Å². The van der Waals surface area contributed by atoms with Gasteiger partial charge < -0.3 is 5.11 Å². The molecule has 0 heterocycles. The second-order valence-corrected chi connectivity index (χ2v) is 7.12. The molecule has 0 aromatic heterocycles. The van der Waals surface area contributed by atoms with E-state index in [0.29, 0.717) is 5.56 Å². The summed E-state index contributed by atoms with van der Waals surface area (Å²) in [5, 5.41) is 9.21. The van der Waals surface area contributed by atoms with Crippen molar-refractivity contribution in [2.75, 3.05) is 0 Å². The molecular weight excluding hydrogens is 306 g/mol. The van der Waals surface area contributed by atoms with Crippen molar-refractivity contribution in [3.8, 4) is 16.9 Å². The smallest absolute Gasteiger partial charge is 0.200 e. The van der Waals surface area contributed by atoms with Crippen LogP contribution in [0.4, 0.5) is 8.78 Å². The molecule has 0 spiro atoms. The Labute approximate surface area is 142 Å². The molecule has 1 nitrogen and oxygen atoms in total. The van der Waals surface area contributed by atoms with Crippen molar-refractivity contribution < 1.29 is 13.9 Å². The largest absolute Gasteiger partial charge is 0.505 e. The maximum Gasteiger partial charge on any atom is 0.200 e. The average Bonchev–Trinajstić information content (AvgIpc) is 2.60. The fraction of sp³-hybridized carbons (Fsp3) is 0.429. The monoisotopic (exact) mass is 330 g/mol. The summed E-state index contributed by atoms with van der Waals surface area (Å²) in [5.41, 5.74) is 2.04. The summed E-state index contributed by atoms with van der Waals surface area (Å²) >= 11 is 0. The lowest BCUT2D eigenvalue weighted by atomic mass is 9.80. The summed E-state index contributed by atoms with van der Waals surface area (Å²) in [5.74, 6) is -1.15. The van der Waals surface area contributed by atoms with Crippen LogP contribution in [0.2, 0.25) is 0 Å². The van der Waals surface area contributed by atoms with E-state index in [4.69, 9.17) is 0 Å². The van der Waals surface area contributed by atoms with Gasteiger partial charge in [0, 0.05) is 5.56 Å². The summed E-state index contributed by atoms with van der Waals surface area (Å²) < 4.78 is 27.4. The molecule has 3 heteroatoms. The minimum absolute atomic E-state index is 0.179. The Morgan fingerprint density at radius 3 is 2.25 bits per heavy atom. The molecule has 0 saturated heterocycles. The van der Waals surface area contributed by atoms with Crippen LogP contribution in [0.5, 0.6) is 5.75 Å². The minimum atomic E-state index is -1.19. The third-order valence-electron chi connectivity index (χ3n) is 5.30. The molecule has 3 rings (SSSR count). The summed E-state index contributed by atoms with van der Waals surface area (Å²) in [6.07, 6.45) is 7.58. The van der Waals surface area contributed by atoms with E-state index in [0.717, 1.165) is 18.3 Å². The van der Waals surface area contributed by atoms with E-state index < -0.39 is 17.4 Å². The standard InChI is InChI=1S/C21H24F2O/c1-14-2-4-15(5-3-14)6-7-16-8-10-17(11-9-16)18-12-13-19(24)21(23)20(18)22/h8-15,24H,2-7H2,1H3. The topological polar surface area (TPSA) is 20.2 Å². The molecule has 0 atom stereocenters. The number of halogens is 2. The van der Waals surface area contributed by atoms with Crippen molar-refractivity contribution in [2.45, 2.75) is 45.4 Å². The van der Waals surface area contributed by atoms with E-state index in [1.54, 1.807) is 0 Å². The highest BCUT2D eigenvalue weighted by molar-refractivity contribution is 5.65. The van der Waals surface area contributed by atoms with E-state index >= 15 is 0 Å². The Balaban J connectivity index is 1.64. The average molecular weight is 330 g/mol. The quantitative estimate of drug-likeness (QED) is 0.718. The van der Waals surface area contributed by atoms with Gasteiger partial charge in [0.25, 0.3) is 0 Å². The highest BCUT2D eigenvalue weighted by Gasteiger charge is 2.18. The van der Waals surface area contributed by atoms with Gasteiger partial charge in [-0.2, -0.15) is 4.39 Å². The van der Waals surface area contributed by atoms with Crippen LogP contribution in [0, 0.1) is 23.5 Å². The van der Waals surface area contributed by atoms with Crippen LogP contribution >= 0.6 is 0 Å². The molecule has 1 aliphatic rings. The highest BCUT2D eigenvalue weighted by Crippen LogP contribution is 2.32. The highest BCUT2D eigenvalue weighted by atomic mass is 19.2. The lowest BCUT2D eigenvalue weighted by molar-refractivity contribution is 0.278. The lowest BCUT2D eigenvalue weighted by Gasteiger charge is -2.26. The molecule has 0 bridgehead atoms. The number of benzene rings is 2. The van der Waals surface area contributed by atoms with Gasteiger partial charge in [-0.25, -0.2) is 4.39 Å². The summed E-state index contributed by atoms with van der Waals surface area (Å²) in [7, 11) is 0. The summed E-state index contributed by atoms with van der Waals surface area (Å²) in [6.45, 7) is 2.33. The first-order chi connectivity index (χ1) is 11.5. The molecule has 0 unspecified atom stereocenters. The Morgan fingerprint density at radius 2 is 1.58 bits per heavy atom. The number of hydrogen-bond acceptors (Lipinski definition) is 1. The van der Waals surface area contributed by atoms with Gasteiger partial charge in [-0.1, -0.05) is 56.9 Å². The molecule has 0 amide bonds. The number of rotatable bonds is 4. The number of phenols is 1. The third-order valence-corrected chi connectivity index (χ3v) is 5.30. The molecule has 0 aliphatic heterocycles. The van der Waals surface area contributed by atoms with Crippen LogP contribution in [-0.2, 0) is 6.42 Å². The van der Waals surface area contributed by atoms with Gasteiger partial charge in [-0.15, -0.1) is 0 Å². The molecule has 1 N–H and O–H groups in total. The van der Waals surface area contributed by atoms with Gasteiger partial charge in [-0.3, -0.25) is 0 Å². The van der Waals surface area contributed by atoms with E-state index in [9.17, 15) is 13.9 Å². The normalized spacial score (nSPS) is 21.0. The Bertz CT molecular complexity index is 686. The van der Waals surface area contributed by atoms with Crippen LogP contribution < -0.4 is 0 Å². The molecule has 128 valence electrons. The van der Waals surface area contributed by atoms with Crippen molar-refractivity contribution in [3.63, 3.8) is 0 Å². The fourth-order valence-corrected chi connectivity index (χ4v) is 3.60. The lowest BCUT2D eigenvalue weighted by Crippen LogP contribution is -2.12. The molecular formula is C21H24F2O. The molecule has 1 fully saturated rings. The minimum Gasteiger partial charge on any atom is -0.505 e. The maximum atomic E-state index is 13.9. The van der Waals surface area contributed by atoms with Crippen molar-refractivity contribution >= 4 is 0 Å². The van der Waals surface area contributed by atoms with Crippen molar-refractivity contribution in [3.05, 3.63) is 53.6 Å². The van der Waals surface area contributed by atoms with E-state index in [2.05, 4.69) is 6.92 Å². The van der Waals surface area contributed by atoms with Gasteiger partial charge in [0.2, 0.25) is 5.82 Å². The molecule has 1 aliphatic carbocycles. The van der Waals surface area contributed by atoms with Crippen molar-refractivity contribution in [2.24, 2.45) is 11.8 Å². The molecule has 2 aromatic carbocycles. The summed E-state index contributed by atoms with van der Waals surface area (Å²) in [4.78, 5) is 0. The third kappa shape index (κ3) is 3.77. The SMILES string of the molecule is CC1CCC(CCc2ccc(-c3ccc(O)c(F)c3F)cc2)CC1. The Morgan fingerprint density at radius 1 is 0.917 bits per heavy atom. The van der Waals surface area contributed by atoms with Crippen LogP contribution in [-0.4, -0.2) is 5.11 Å². The molecule has 1 saturated carbocycles.